The molecule has 0 radical (unpaired) electrons. The van der Waals surface area contributed by atoms with Gasteiger partial charge in [0.2, 0.25) is 10.0 Å². The molecule has 2 atom stereocenters. The number of nitrogens with two attached hydrogens (primary N) is 1. The molecular formula is C21H31N3O3S. The molecule has 3 aliphatic rings. The van der Waals surface area contributed by atoms with Crippen molar-refractivity contribution < 1.29 is 13.2 Å². The third kappa shape index (κ3) is 2.86. The number of primary sulfonamides is 1. The van der Waals surface area contributed by atoms with Crippen LogP contribution in [0.15, 0.2) is 23.1 Å². The van der Waals surface area contributed by atoms with Crippen LogP contribution < -0.4 is 5.14 Å². The van der Waals surface area contributed by atoms with Crippen LogP contribution in [0.3, 0.4) is 0 Å². The predicted molar refractivity (Wildman–Crippen MR) is 109 cm³/mol. The maximum absolute atomic E-state index is 13.3. The van der Waals surface area contributed by atoms with Crippen molar-refractivity contribution in [2.75, 3.05) is 19.6 Å². The number of sulfonamides is 1. The number of rotatable bonds is 1. The molecule has 0 unspecified atom stereocenters. The summed E-state index contributed by atoms with van der Waals surface area (Å²) in [5.74, 6) is 0. The Hall–Kier alpha value is -1.60. The van der Waals surface area contributed by atoms with Crippen molar-refractivity contribution in [3.05, 3.63) is 29.3 Å². The summed E-state index contributed by atoms with van der Waals surface area (Å²) >= 11 is 0. The van der Waals surface area contributed by atoms with Crippen molar-refractivity contribution in [1.29, 1.82) is 0 Å². The van der Waals surface area contributed by atoms with E-state index in [-0.39, 0.29) is 27.8 Å². The Morgan fingerprint density at radius 3 is 2.43 bits per heavy atom. The highest BCUT2D eigenvalue weighted by molar-refractivity contribution is 7.89. The smallest absolute Gasteiger partial charge is 0.320 e. The highest BCUT2D eigenvalue weighted by Gasteiger charge is 2.57. The van der Waals surface area contributed by atoms with Crippen molar-refractivity contribution >= 4 is 16.1 Å². The van der Waals surface area contributed by atoms with Gasteiger partial charge in [0, 0.05) is 31.1 Å². The standard InChI is InChI=1S/C21H31N3O3S/c1-20(2)18-13-15-7-8-16(28(22,26)27)14-17(15)21(20,3)9-12-24(18)19(25)23-10-5-4-6-11-23/h7-8,14,18H,4-6,9-13H2,1-3H3,(H2,22,26,27)/t18-,21+/m0/s1. The van der Waals surface area contributed by atoms with Gasteiger partial charge in [0.1, 0.15) is 0 Å². The summed E-state index contributed by atoms with van der Waals surface area (Å²) in [6, 6.07) is 5.54. The van der Waals surface area contributed by atoms with Gasteiger partial charge in [0.25, 0.3) is 0 Å². The molecule has 2 N–H and O–H groups in total. The summed E-state index contributed by atoms with van der Waals surface area (Å²) in [4.78, 5) is 17.6. The Morgan fingerprint density at radius 1 is 1.11 bits per heavy atom. The largest absolute Gasteiger partial charge is 0.325 e. The number of likely N-dealkylation sites (tertiary alicyclic amines) is 2. The van der Waals surface area contributed by atoms with Crippen molar-refractivity contribution in [2.45, 2.75) is 69.2 Å². The molecule has 2 aliphatic heterocycles. The van der Waals surface area contributed by atoms with Gasteiger partial charge < -0.3 is 9.80 Å². The maximum Gasteiger partial charge on any atom is 0.320 e. The van der Waals surface area contributed by atoms with Gasteiger partial charge in [0.05, 0.1) is 4.90 Å². The van der Waals surface area contributed by atoms with Crippen LogP contribution in [0.5, 0.6) is 0 Å². The van der Waals surface area contributed by atoms with E-state index in [0.717, 1.165) is 49.9 Å². The minimum absolute atomic E-state index is 0.105. The fourth-order valence-corrected chi connectivity index (χ4v) is 6.09. The summed E-state index contributed by atoms with van der Waals surface area (Å²) in [6.07, 6.45) is 4.95. The second-order valence-corrected chi connectivity index (χ2v) is 11.0. The zero-order valence-electron chi connectivity index (χ0n) is 17.1. The van der Waals surface area contributed by atoms with Crippen LogP contribution in [-0.4, -0.2) is 49.9 Å². The molecule has 1 aromatic rings. The quantitative estimate of drug-likeness (QED) is 0.780. The molecule has 2 bridgehead atoms. The van der Waals surface area contributed by atoms with Gasteiger partial charge in [-0.15, -0.1) is 0 Å². The molecule has 28 heavy (non-hydrogen) atoms. The average Bonchev–Trinajstić information content (AvgIpc) is 2.64. The Labute approximate surface area is 168 Å². The third-order valence-electron chi connectivity index (χ3n) is 7.77. The van der Waals surface area contributed by atoms with Crippen LogP contribution in [-0.2, 0) is 21.9 Å². The van der Waals surface area contributed by atoms with Crippen molar-refractivity contribution in [3.8, 4) is 0 Å². The molecule has 2 amide bonds. The lowest BCUT2D eigenvalue weighted by molar-refractivity contribution is -0.0243. The molecule has 1 aliphatic carbocycles. The minimum atomic E-state index is -3.74. The van der Waals surface area contributed by atoms with E-state index >= 15 is 0 Å². The molecule has 154 valence electrons. The second kappa shape index (κ2) is 6.46. The van der Waals surface area contributed by atoms with E-state index in [2.05, 4.69) is 25.7 Å². The highest BCUT2D eigenvalue weighted by Crippen LogP contribution is 2.56. The molecule has 6 nitrogen and oxygen atoms in total. The lowest BCUT2D eigenvalue weighted by atomic mass is 9.51. The summed E-state index contributed by atoms with van der Waals surface area (Å²) in [5, 5.41) is 5.39. The van der Waals surface area contributed by atoms with Gasteiger partial charge >= 0.3 is 6.03 Å². The molecule has 7 heteroatoms. The van der Waals surface area contributed by atoms with E-state index in [9.17, 15) is 13.2 Å². The number of carbonyl (C=O) groups is 1. The predicted octanol–water partition coefficient (Wildman–Crippen LogP) is 2.85. The zero-order valence-corrected chi connectivity index (χ0v) is 17.9. The lowest BCUT2D eigenvalue weighted by Crippen LogP contribution is -2.66. The number of carbonyl (C=O) groups excluding carboxylic acids is 1. The van der Waals surface area contributed by atoms with Crippen molar-refractivity contribution in [2.24, 2.45) is 10.6 Å². The van der Waals surface area contributed by atoms with E-state index in [1.54, 1.807) is 12.1 Å². The Morgan fingerprint density at radius 2 is 1.79 bits per heavy atom. The van der Waals surface area contributed by atoms with Gasteiger partial charge in [-0.3, -0.25) is 0 Å². The van der Waals surface area contributed by atoms with Gasteiger partial charge in [-0.2, -0.15) is 0 Å². The van der Waals surface area contributed by atoms with Crippen LogP contribution >= 0.6 is 0 Å². The second-order valence-electron chi connectivity index (χ2n) is 9.41. The first-order valence-electron chi connectivity index (χ1n) is 10.3. The molecule has 2 heterocycles. The first kappa shape index (κ1) is 19.7. The van der Waals surface area contributed by atoms with Crippen molar-refractivity contribution in [1.82, 2.24) is 9.80 Å². The highest BCUT2D eigenvalue weighted by atomic mass is 32.2. The molecule has 0 aromatic heterocycles. The van der Waals surface area contributed by atoms with E-state index in [1.165, 1.54) is 6.42 Å². The monoisotopic (exact) mass is 405 g/mol. The number of piperidine rings is 2. The fraction of sp³-hybridized carbons (Fsp3) is 0.667. The van der Waals surface area contributed by atoms with Crippen molar-refractivity contribution in [3.63, 3.8) is 0 Å². The van der Waals surface area contributed by atoms with E-state index < -0.39 is 10.0 Å². The topological polar surface area (TPSA) is 83.7 Å². The number of urea groups is 1. The summed E-state index contributed by atoms with van der Waals surface area (Å²) < 4.78 is 23.8. The average molecular weight is 406 g/mol. The van der Waals surface area contributed by atoms with Crippen LogP contribution in [0.1, 0.15) is 57.6 Å². The molecule has 2 saturated heterocycles. The molecule has 4 rings (SSSR count). The number of hydrogen-bond acceptors (Lipinski definition) is 3. The van der Waals surface area contributed by atoms with Gasteiger partial charge in [-0.05, 0) is 60.8 Å². The van der Waals surface area contributed by atoms with Gasteiger partial charge in [0.15, 0.2) is 0 Å². The van der Waals surface area contributed by atoms with E-state index in [4.69, 9.17) is 5.14 Å². The lowest BCUT2D eigenvalue weighted by Gasteiger charge is -2.61. The normalized spacial score (nSPS) is 29.4. The number of nitrogens with zero attached hydrogens (tertiary/aromatic N) is 2. The SMILES string of the molecule is CC1(C)[C@@H]2Cc3ccc(S(N)(=O)=O)cc3[C@@]1(C)CCN2C(=O)N1CCCCC1. The number of benzene rings is 1. The van der Waals surface area contributed by atoms with E-state index in [0.29, 0.717) is 6.54 Å². The van der Waals surface area contributed by atoms with Crippen LogP contribution in [0, 0.1) is 5.41 Å². The Balaban J connectivity index is 1.73. The number of amides is 2. The molecular weight excluding hydrogens is 374 g/mol. The Bertz CT molecular complexity index is 905. The Kier molecular flexibility index (Phi) is 4.54. The third-order valence-corrected chi connectivity index (χ3v) is 8.68. The van der Waals surface area contributed by atoms with Crippen LogP contribution in [0.2, 0.25) is 0 Å². The summed E-state index contributed by atoms with van der Waals surface area (Å²) in [6.45, 7) is 9.08. The fourth-order valence-electron chi connectivity index (χ4n) is 5.55. The first-order chi connectivity index (χ1) is 13.1. The molecule has 0 spiro atoms. The van der Waals surface area contributed by atoms with Gasteiger partial charge in [-0.25, -0.2) is 18.4 Å². The molecule has 2 fully saturated rings. The number of hydrogen-bond donors (Lipinski definition) is 1. The van der Waals surface area contributed by atoms with E-state index in [1.807, 2.05) is 11.0 Å². The zero-order chi connectivity index (χ0) is 20.3. The van der Waals surface area contributed by atoms with Gasteiger partial charge in [-0.1, -0.05) is 26.8 Å². The first-order valence-corrected chi connectivity index (χ1v) is 11.8. The summed E-state index contributed by atoms with van der Waals surface area (Å²) in [7, 11) is -3.74. The van der Waals surface area contributed by atoms with Crippen LogP contribution in [0.25, 0.3) is 0 Å². The molecule has 1 aromatic carbocycles. The summed E-state index contributed by atoms with van der Waals surface area (Å²) in [5.41, 5.74) is 1.84. The van der Waals surface area contributed by atoms with Crippen LogP contribution in [0.4, 0.5) is 4.79 Å². The number of fused-ring (bicyclic) bond motifs is 4. The maximum atomic E-state index is 13.3. The minimum Gasteiger partial charge on any atom is -0.325 e. The molecule has 0 saturated carbocycles.